The summed E-state index contributed by atoms with van der Waals surface area (Å²) in [6.07, 6.45) is 4.91. The Kier molecular flexibility index (Phi) is 5.51. The number of carbonyl (C=O) groups is 1. The van der Waals surface area contributed by atoms with E-state index < -0.39 is 9.84 Å². The average Bonchev–Trinajstić information content (AvgIpc) is 3.16. The predicted octanol–water partition coefficient (Wildman–Crippen LogP) is 3.54. The first-order valence-electron chi connectivity index (χ1n) is 10.5. The van der Waals surface area contributed by atoms with Crippen molar-refractivity contribution in [3.8, 4) is 11.3 Å². The number of hydrogen-bond donors (Lipinski definition) is 0. The second kappa shape index (κ2) is 7.94. The molecule has 6 nitrogen and oxygen atoms in total. The van der Waals surface area contributed by atoms with Gasteiger partial charge in [-0.15, -0.1) is 0 Å². The predicted molar refractivity (Wildman–Crippen MR) is 114 cm³/mol. The Bertz CT molecular complexity index is 1020. The maximum Gasteiger partial charge on any atom is 0.274 e. The molecule has 156 valence electrons. The number of rotatable bonds is 3. The fourth-order valence-corrected chi connectivity index (χ4v) is 5.99. The molecule has 1 atom stereocenters. The first-order chi connectivity index (χ1) is 13.8. The number of nitrogens with zero attached hydrogens (tertiary/aromatic N) is 3. The third-order valence-electron chi connectivity index (χ3n) is 6.21. The number of hydrogen-bond acceptors (Lipinski definition) is 4. The van der Waals surface area contributed by atoms with E-state index in [0.29, 0.717) is 12.1 Å². The summed E-state index contributed by atoms with van der Waals surface area (Å²) in [5.41, 5.74) is 4.58. The molecule has 1 aromatic carbocycles. The van der Waals surface area contributed by atoms with E-state index in [0.717, 1.165) is 55.6 Å². The summed E-state index contributed by atoms with van der Waals surface area (Å²) in [4.78, 5) is 15.0. The van der Waals surface area contributed by atoms with E-state index in [2.05, 4.69) is 31.1 Å². The molecule has 0 spiro atoms. The summed E-state index contributed by atoms with van der Waals surface area (Å²) in [7, 11) is -3.05. The number of amides is 1. The third-order valence-corrected chi connectivity index (χ3v) is 7.96. The summed E-state index contributed by atoms with van der Waals surface area (Å²) in [5.74, 6) is 0.222. The highest BCUT2D eigenvalue weighted by Crippen LogP contribution is 2.31. The molecule has 2 saturated heterocycles. The first kappa shape index (κ1) is 20.1. The van der Waals surface area contributed by atoms with Crippen LogP contribution in [0.2, 0.25) is 0 Å². The number of benzene rings is 1. The quantitative estimate of drug-likeness (QED) is 0.769. The number of sulfone groups is 1. The van der Waals surface area contributed by atoms with Crippen LogP contribution in [-0.2, 0) is 9.84 Å². The lowest BCUT2D eigenvalue weighted by Crippen LogP contribution is -2.32. The number of aryl methyl sites for hydroxylation is 2. The minimum atomic E-state index is -3.05. The first-order valence-corrected chi connectivity index (χ1v) is 12.3. The third kappa shape index (κ3) is 4.25. The van der Waals surface area contributed by atoms with Gasteiger partial charge in [0.2, 0.25) is 0 Å². The van der Waals surface area contributed by atoms with E-state index in [4.69, 9.17) is 0 Å². The van der Waals surface area contributed by atoms with E-state index in [1.54, 1.807) is 4.68 Å². The lowest BCUT2D eigenvalue weighted by molar-refractivity contribution is 0.0754. The fraction of sp³-hybridized carbons (Fsp3) is 0.545. The SMILES string of the molecule is Cc1ccc(-c2cc(C(=O)N3CCCCCC3)nn2C2CCS(=O)(=O)C2)cc1C. The minimum Gasteiger partial charge on any atom is -0.337 e. The van der Waals surface area contributed by atoms with Crippen LogP contribution in [0, 0.1) is 13.8 Å². The Hall–Kier alpha value is -2.15. The molecule has 2 fully saturated rings. The van der Waals surface area contributed by atoms with E-state index in [1.807, 2.05) is 17.0 Å². The zero-order valence-corrected chi connectivity index (χ0v) is 18.0. The molecule has 2 aliphatic heterocycles. The molecule has 3 heterocycles. The smallest absolute Gasteiger partial charge is 0.274 e. The van der Waals surface area contributed by atoms with Crippen molar-refractivity contribution in [2.45, 2.75) is 52.0 Å². The largest absolute Gasteiger partial charge is 0.337 e. The van der Waals surface area contributed by atoms with Crippen molar-refractivity contribution in [3.63, 3.8) is 0 Å². The van der Waals surface area contributed by atoms with Gasteiger partial charge < -0.3 is 4.90 Å². The van der Waals surface area contributed by atoms with E-state index in [1.165, 1.54) is 5.56 Å². The van der Waals surface area contributed by atoms with Gasteiger partial charge in [-0.3, -0.25) is 9.48 Å². The molecule has 0 N–H and O–H groups in total. The lowest BCUT2D eigenvalue weighted by atomic mass is 10.0. The normalized spacial score (nSPS) is 21.9. The van der Waals surface area contributed by atoms with Gasteiger partial charge in [0.15, 0.2) is 15.5 Å². The van der Waals surface area contributed by atoms with Gasteiger partial charge in [-0.05, 0) is 56.4 Å². The molecule has 2 aromatic rings. The molecule has 7 heteroatoms. The Morgan fingerprint density at radius 2 is 1.76 bits per heavy atom. The molecule has 0 bridgehead atoms. The Morgan fingerprint density at radius 1 is 1.03 bits per heavy atom. The fourth-order valence-electron chi connectivity index (χ4n) is 4.30. The topological polar surface area (TPSA) is 72.3 Å². The van der Waals surface area contributed by atoms with Crippen molar-refractivity contribution in [2.24, 2.45) is 0 Å². The van der Waals surface area contributed by atoms with Crippen LogP contribution < -0.4 is 0 Å². The zero-order chi connectivity index (χ0) is 20.6. The molecule has 0 radical (unpaired) electrons. The van der Waals surface area contributed by atoms with Crippen LogP contribution in [0.5, 0.6) is 0 Å². The maximum absolute atomic E-state index is 13.1. The molecule has 1 aromatic heterocycles. The van der Waals surface area contributed by atoms with Gasteiger partial charge >= 0.3 is 0 Å². The van der Waals surface area contributed by atoms with Crippen molar-refractivity contribution in [2.75, 3.05) is 24.6 Å². The van der Waals surface area contributed by atoms with Gasteiger partial charge in [0.1, 0.15) is 0 Å². The van der Waals surface area contributed by atoms with Gasteiger partial charge in [0.25, 0.3) is 5.91 Å². The molecule has 1 amide bonds. The summed E-state index contributed by atoms with van der Waals surface area (Å²) in [6, 6.07) is 7.81. The zero-order valence-electron chi connectivity index (χ0n) is 17.2. The molecule has 4 rings (SSSR count). The second-order valence-corrected chi connectivity index (χ2v) is 10.7. The van der Waals surface area contributed by atoms with Crippen molar-refractivity contribution < 1.29 is 13.2 Å². The Labute approximate surface area is 172 Å². The standard InChI is InChI=1S/C22H29N3O3S/c1-16-7-8-18(13-17(16)2)21-14-20(22(26)24-10-5-3-4-6-11-24)23-25(21)19-9-12-29(27,28)15-19/h7-8,13-14,19H,3-6,9-12,15H2,1-2H3. The van der Waals surface area contributed by atoms with E-state index in [-0.39, 0.29) is 23.5 Å². The summed E-state index contributed by atoms with van der Waals surface area (Å²) in [6.45, 7) is 5.65. The molecule has 0 saturated carbocycles. The average molecular weight is 416 g/mol. The van der Waals surface area contributed by atoms with Gasteiger partial charge in [0, 0.05) is 18.7 Å². The van der Waals surface area contributed by atoms with Crippen LogP contribution in [0.15, 0.2) is 24.3 Å². The van der Waals surface area contributed by atoms with Crippen LogP contribution in [0.25, 0.3) is 11.3 Å². The van der Waals surface area contributed by atoms with Gasteiger partial charge in [-0.1, -0.05) is 25.0 Å². The lowest BCUT2D eigenvalue weighted by Gasteiger charge is -2.18. The number of likely N-dealkylation sites (tertiary alicyclic amines) is 1. The molecule has 29 heavy (non-hydrogen) atoms. The second-order valence-electron chi connectivity index (χ2n) is 8.42. The van der Waals surface area contributed by atoms with Gasteiger partial charge in [0.05, 0.1) is 23.2 Å². The van der Waals surface area contributed by atoms with Crippen LogP contribution >= 0.6 is 0 Å². The Balaban J connectivity index is 1.74. The molecule has 2 aliphatic rings. The molecule has 0 aliphatic carbocycles. The number of carbonyl (C=O) groups excluding carboxylic acids is 1. The van der Waals surface area contributed by atoms with Gasteiger partial charge in [-0.25, -0.2) is 8.42 Å². The van der Waals surface area contributed by atoms with Crippen molar-refractivity contribution in [1.29, 1.82) is 0 Å². The van der Waals surface area contributed by atoms with Crippen molar-refractivity contribution >= 4 is 15.7 Å². The van der Waals surface area contributed by atoms with Crippen molar-refractivity contribution in [1.82, 2.24) is 14.7 Å². The summed E-state index contributed by atoms with van der Waals surface area (Å²) >= 11 is 0. The van der Waals surface area contributed by atoms with Crippen LogP contribution in [0.4, 0.5) is 0 Å². The van der Waals surface area contributed by atoms with E-state index in [9.17, 15) is 13.2 Å². The number of aromatic nitrogens is 2. The molecular formula is C22H29N3O3S. The highest BCUT2D eigenvalue weighted by Gasteiger charge is 2.32. The highest BCUT2D eigenvalue weighted by atomic mass is 32.2. The van der Waals surface area contributed by atoms with Crippen molar-refractivity contribution in [3.05, 3.63) is 41.1 Å². The highest BCUT2D eigenvalue weighted by molar-refractivity contribution is 7.91. The van der Waals surface area contributed by atoms with Crippen LogP contribution in [0.3, 0.4) is 0 Å². The summed E-state index contributed by atoms with van der Waals surface area (Å²) in [5, 5.41) is 4.65. The summed E-state index contributed by atoms with van der Waals surface area (Å²) < 4.78 is 25.9. The van der Waals surface area contributed by atoms with Crippen LogP contribution in [0.1, 0.15) is 59.8 Å². The molecule has 1 unspecified atom stereocenters. The maximum atomic E-state index is 13.1. The Morgan fingerprint density at radius 3 is 2.38 bits per heavy atom. The monoisotopic (exact) mass is 415 g/mol. The minimum absolute atomic E-state index is 0.0448. The van der Waals surface area contributed by atoms with E-state index >= 15 is 0 Å². The molecular weight excluding hydrogens is 386 g/mol. The van der Waals surface area contributed by atoms with Gasteiger partial charge in [-0.2, -0.15) is 5.10 Å². The van der Waals surface area contributed by atoms with Crippen LogP contribution in [-0.4, -0.2) is 53.6 Å².